The van der Waals surface area contributed by atoms with Crippen molar-refractivity contribution in [3.63, 3.8) is 0 Å². The van der Waals surface area contributed by atoms with E-state index < -0.39 is 0 Å². The average Bonchev–Trinajstić information content (AvgIpc) is 2.16. The topological polar surface area (TPSA) is 12.0 Å². The predicted molar refractivity (Wildman–Crippen MR) is 64.0 cm³/mol. The van der Waals surface area contributed by atoms with E-state index in [9.17, 15) is 0 Å². The first-order chi connectivity index (χ1) is 6.57. The standard InChI is InChI=1S/C12H18NSe/c1-8(2)10-6-5-7-11(9(3)4)12(10)13-14/h5-9,13H,1-4H3. The molecule has 0 amide bonds. The molecule has 2 heteroatoms. The Morgan fingerprint density at radius 2 is 1.43 bits per heavy atom. The van der Waals surface area contributed by atoms with Crippen molar-refractivity contribution in [3.05, 3.63) is 29.3 Å². The van der Waals surface area contributed by atoms with Crippen LogP contribution in [0.3, 0.4) is 0 Å². The zero-order valence-corrected chi connectivity index (χ0v) is 11.0. The molecule has 1 rings (SSSR count). The van der Waals surface area contributed by atoms with E-state index in [1.807, 2.05) is 0 Å². The van der Waals surface area contributed by atoms with Crippen molar-refractivity contribution in [1.29, 1.82) is 0 Å². The number of hydrogen-bond acceptors (Lipinski definition) is 1. The number of hydrogen-bond donors (Lipinski definition) is 1. The summed E-state index contributed by atoms with van der Waals surface area (Å²) in [6.45, 7) is 8.89. The summed E-state index contributed by atoms with van der Waals surface area (Å²) >= 11 is 2.90. The van der Waals surface area contributed by atoms with Crippen molar-refractivity contribution in [3.8, 4) is 0 Å². The maximum atomic E-state index is 3.20. The van der Waals surface area contributed by atoms with E-state index >= 15 is 0 Å². The summed E-state index contributed by atoms with van der Waals surface area (Å²) in [6.07, 6.45) is 0. The normalized spacial score (nSPS) is 11.1. The molecule has 0 saturated carbocycles. The fourth-order valence-electron chi connectivity index (χ4n) is 1.67. The van der Waals surface area contributed by atoms with Gasteiger partial charge in [-0.2, -0.15) is 0 Å². The molecule has 1 aromatic carbocycles. The van der Waals surface area contributed by atoms with Crippen molar-refractivity contribution in [2.45, 2.75) is 39.5 Å². The van der Waals surface area contributed by atoms with Gasteiger partial charge in [0, 0.05) is 0 Å². The minimum atomic E-state index is 0.560. The van der Waals surface area contributed by atoms with Crippen molar-refractivity contribution in [2.24, 2.45) is 0 Å². The molecule has 1 aromatic rings. The molecule has 0 saturated heterocycles. The molecule has 1 nitrogen and oxygen atoms in total. The molecule has 14 heavy (non-hydrogen) atoms. The molecular formula is C12H18NSe. The van der Waals surface area contributed by atoms with Crippen LogP contribution in [0.1, 0.15) is 50.7 Å². The molecule has 0 aliphatic carbocycles. The zero-order chi connectivity index (χ0) is 10.7. The second kappa shape index (κ2) is 4.86. The van der Waals surface area contributed by atoms with Gasteiger partial charge >= 0.3 is 95.1 Å². The third kappa shape index (κ3) is 2.31. The first-order valence-corrected chi connectivity index (χ1v) is 5.94. The Balaban J connectivity index is 3.25. The van der Waals surface area contributed by atoms with Gasteiger partial charge in [-0.1, -0.05) is 0 Å². The van der Waals surface area contributed by atoms with Gasteiger partial charge in [-0.15, -0.1) is 0 Å². The molecule has 0 aliphatic rings. The van der Waals surface area contributed by atoms with Crippen molar-refractivity contribution in [1.82, 2.24) is 0 Å². The molecule has 0 spiro atoms. The fourth-order valence-corrected chi connectivity index (χ4v) is 2.16. The van der Waals surface area contributed by atoms with Gasteiger partial charge in [-0.05, 0) is 0 Å². The Morgan fingerprint density at radius 3 is 1.71 bits per heavy atom. The molecule has 0 fully saturated rings. The monoisotopic (exact) mass is 256 g/mol. The summed E-state index contributed by atoms with van der Waals surface area (Å²) in [6, 6.07) is 6.53. The summed E-state index contributed by atoms with van der Waals surface area (Å²) in [7, 11) is 0. The molecular weight excluding hydrogens is 237 g/mol. The third-order valence-electron chi connectivity index (χ3n) is 2.47. The number of nitrogens with one attached hydrogen (secondary N) is 1. The molecule has 1 radical (unpaired) electrons. The van der Waals surface area contributed by atoms with E-state index in [4.69, 9.17) is 0 Å². The molecule has 0 unspecified atom stereocenters. The van der Waals surface area contributed by atoms with Crippen LogP contribution in [0.2, 0.25) is 0 Å². The van der Waals surface area contributed by atoms with Gasteiger partial charge in [0.1, 0.15) is 0 Å². The van der Waals surface area contributed by atoms with Crippen LogP contribution in [0.5, 0.6) is 0 Å². The van der Waals surface area contributed by atoms with E-state index in [2.05, 4.69) is 66.5 Å². The second-order valence-electron chi connectivity index (χ2n) is 4.22. The van der Waals surface area contributed by atoms with Crippen LogP contribution < -0.4 is 4.33 Å². The molecule has 77 valence electrons. The summed E-state index contributed by atoms with van der Waals surface area (Å²) in [5, 5.41) is 0. The van der Waals surface area contributed by atoms with E-state index in [1.165, 1.54) is 16.8 Å². The molecule has 0 heterocycles. The number of rotatable bonds is 3. The molecule has 0 atom stereocenters. The summed E-state index contributed by atoms with van der Waals surface area (Å²) in [4.78, 5) is 0. The third-order valence-corrected chi connectivity index (χ3v) is 2.90. The van der Waals surface area contributed by atoms with Crippen LogP contribution in [-0.4, -0.2) is 16.2 Å². The van der Waals surface area contributed by atoms with Crippen LogP contribution in [0, 0.1) is 0 Å². The Morgan fingerprint density at radius 1 is 1.00 bits per heavy atom. The summed E-state index contributed by atoms with van der Waals surface area (Å²) < 4.78 is 3.20. The molecule has 0 aromatic heterocycles. The van der Waals surface area contributed by atoms with Crippen molar-refractivity contribution in [2.75, 3.05) is 4.33 Å². The summed E-state index contributed by atoms with van der Waals surface area (Å²) in [5.41, 5.74) is 4.03. The van der Waals surface area contributed by atoms with Crippen LogP contribution in [0.4, 0.5) is 5.69 Å². The number of benzene rings is 1. The van der Waals surface area contributed by atoms with E-state index in [0.29, 0.717) is 11.8 Å². The Bertz CT molecular complexity index is 279. The predicted octanol–water partition coefficient (Wildman–Crippen LogP) is 3.43. The van der Waals surface area contributed by atoms with Gasteiger partial charge in [0.15, 0.2) is 0 Å². The Kier molecular flexibility index (Phi) is 4.03. The quantitative estimate of drug-likeness (QED) is 0.816. The van der Waals surface area contributed by atoms with Gasteiger partial charge in [0.25, 0.3) is 0 Å². The minimum absolute atomic E-state index is 0.560. The fraction of sp³-hybridized carbons (Fsp3) is 0.500. The van der Waals surface area contributed by atoms with Gasteiger partial charge < -0.3 is 0 Å². The van der Waals surface area contributed by atoms with Crippen LogP contribution >= 0.6 is 0 Å². The van der Waals surface area contributed by atoms with E-state index in [0.717, 1.165) is 0 Å². The number of anilines is 1. The second-order valence-corrected chi connectivity index (χ2v) is 4.65. The molecule has 0 bridgehead atoms. The van der Waals surface area contributed by atoms with E-state index in [1.54, 1.807) is 0 Å². The average molecular weight is 255 g/mol. The van der Waals surface area contributed by atoms with Gasteiger partial charge in [-0.25, -0.2) is 0 Å². The van der Waals surface area contributed by atoms with Crippen LogP contribution in [0.25, 0.3) is 0 Å². The maximum absolute atomic E-state index is 3.20. The van der Waals surface area contributed by atoms with E-state index in [-0.39, 0.29) is 0 Å². The van der Waals surface area contributed by atoms with Crippen LogP contribution in [-0.2, 0) is 0 Å². The van der Waals surface area contributed by atoms with Crippen molar-refractivity contribution < 1.29 is 0 Å². The zero-order valence-electron chi connectivity index (χ0n) is 9.29. The Labute approximate surface area is 95.3 Å². The Hall–Kier alpha value is -0.461. The van der Waals surface area contributed by atoms with Crippen molar-refractivity contribution >= 4 is 21.9 Å². The first-order valence-electron chi connectivity index (χ1n) is 5.08. The number of para-hydroxylation sites is 1. The van der Waals surface area contributed by atoms with Crippen LogP contribution in [0.15, 0.2) is 18.2 Å². The molecule has 0 aliphatic heterocycles. The van der Waals surface area contributed by atoms with Gasteiger partial charge in [-0.3, -0.25) is 0 Å². The summed E-state index contributed by atoms with van der Waals surface area (Å²) in [5.74, 6) is 1.12. The van der Waals surface area contributed by atoms with Gasteiger partial charge in [0.05, 0.1) is 0 Å². The SMILES string of the molecule is CC(C)c1cccc(C(C)C)c1N[Se]. The first kappa shape index (κ1) is 11.6. The molecule has 1 N–H and O–H groups in total. The van der Waals surface area contributed by atoms with Gasteiger partial charge in [0.2, 0.25) is 0 Å².